The minimum Gasteiger partial charge on any atom is -0.396 e. The summed E-state index contributed by atoms with van der Waals surface area (Å²) in [7, 11) is 0. The maximum absolute atomic E-state index is 9.06. The van der Waals surface area contributed by atoms with E-state index in [0.29, 0.717) is 6.04 Å². The van der Waals surface area contributed by atoms with Gasteiger partial charge in [0, 0.05) is 24.9 Å². The van der Waals surface area contributed by atoms with E-state index in [0.717, 1.165) is 62.9 Å². The number of aliphatic hydroxyl groups excluding tert-OH is 1. The van der Waals surface area contributed by atoms with Gasteiger partial charge < -0.3 is 15.7 Å². The second-order valence-corrected chi connectivity index (χ2v) is 6.09. The number of fused-ring (bicyclic) bond motifs is 1. The topological polar surface area (TPSA) is 86.2 Å². The van der Waals surface area contributed by atoms with Crippen LogP contribution in [0.3, 0.4) is 0 Å². The van der Waals surface area contributed by atoms with Crippen molar-refractivity contribution in [2.24, 2.45) is 5.73 Å². The summed E-state index contributed by atoms with van der Waals surface area (Å²) in [4.78, 5) is 7.17. The van der Waals surface area contributed by atoms with E-state index in [2.05, 4.69) is 11.0 Å². The Morgan fingerprint density at radius 3 is 3.05 bits per heavy atom. The molecule has 1 fully saturated rings. The minimum atomic E-state index is 0.111. The first-order chi connectivity index (χ1) is 10.2. The molecule has 0 amide bonds. The zero-order valence-corrected chi connectivity index (χ0v) is 12.4. The highest BCUT2D eigenvalue weighted by molar-refractivity contribution is 6.00. The predicted octanol–water partition coefficient (Wildman–Crippen LogP) is 1.60. The molecule has 0 bridgehead atoms. The van der Waals surface area contributed by atoms with Crippen molar-refractivity contribution < 1.29 is 5.11 Å². The van der Waals surface area contributed by atoms with Crippen LogP contribution in [-0.2, 0) is 12.8 Å². The molecule has 4 N–H and O–H groups in total. The molecule has 0 radical (unpaired) electrons. The van der Waals surface area contributed by atoms with Gasteiger partial charge in [-0.05, 0) is 56.6 Å². The van der Waals surface area contributed by atoms with Gasteiger partial charge in [0.05, 0.1) is 5.56 Å². The summed E-state index contributed by atoms with van der Waals surface area (Å²) < 4.78 is 0. The van der Waals surface area contributed by atoms with Crippen LogP contribution >= 0.6 is 0 Å². The summed E-state index contributed by atoms with van der Waals surface area (Å²) in [6.07, 6.45) is 7.32. The highest BCUT2D eigenvalue weighted by atomic mass is 16.2. The molecule has 0 aromatic carbocycles. The standard InChI is InChI=1S/C16H24N4O/c17-15(18)13-10-11-4-1-7-14(11)19-16(13)20-8-2-5-12(20)6-3-9-21/h10,12,21H,1-9H2,(H3,17,18). The van der Waals surface area contributed by atoms with E-state index in [1.807, 2.05) is 0 Å². The second kappa shape index (κ2) is 6.02. The third-order valence-corrected chi connectivity index (χ3v) is 4.67. The average Bonchev–Trinajstić information content (AvgIpc) is 3.11. The summed E-state index contributed by atoms with van der Waals surface area (Å²) in [5.74, 6) is 1.00. The Kier molecular flexibility index (Phi) is 4.10. The summed E-state index contributed by atoms with van der Waals surface area (Å²) in [5, 5.41) is 16.9. The van der Waals surface area contributed by atoms with Crippen LogP contribution in [0.25, 0.3) is 0 Å². The number of nitrogens with two attached hydrogens (primary N) is 1. The number of anilines is 1. The van der Waals surface area contributed by atoms with E-state index < -0.39 is 0 Å². The van der Waals surface area contributed by atoms with Crippen molar-refractivity contribution in [1.82, 2.24) is 4.98 Å². The fourth-order valence-electron chi connectivity index (χ4n) is 3.62. The van der Waals surface area contributed by atoms with Gasteiger partial charge in [-0.1, -0.05) is 0 Å². The predicted molar refractivity (Wildman–Crippen MR) is 84.0 cm³/mol. The molecule has 1 aliphatic heterocycles. The number of aromatic nitrogens is 1. The van der Waals surface area contributed by atoms with Gasteiger partial charge in [-0.25, -0.2) is 4.98 Å². The third kappa shape index (κ3) is 2.75. The number of amidine groups is 1. The first kappa shape index (κ1) is 14.3. The van der Waals surface area contributed by atoms with Gasteiger partial charge in [0.25, 0.3) is 0 Å². The van der Waals surface area contributed by atoms with Gasteiger partial charge in [-0.2, -0.15) is 0 Å². The highest BCUT2D eigenvalue weighted by Crippen LogP contribution is 2.32. The van der Waals surface area contributed by atoms with Crippen LogP contribution in [0, 0.1) is 5.41 Å². The summed E-state index contributed by atoms with van der Waals surface area (Å²) in [5.41, 5.74) is 9.02. The van der Waals surface area contributed by atoms with Crippen molar-refractivity contribution in [2.75, 3.05) is 18.1 Å². The number of nitrogens with one attached hydrogen (secondary N) is 1. The van der Waals surface area contributed by atoms with Crippen LogP contribution in [0.5, 0.6) is 0 Å². The third-order valence-electron chi connectivity index (χ3n) is 4.67. The Morgan fingerprint density at radius 1 is 1.43 bits per heavy atom. The molecule has 1 aromatic rings. The van der Waals surface area contributed by atoms with Crippen LogP contribution in [0.1, 0.15) is 48.9 Å². The van der Waals surface area contributed by atoms with Crippen molar-refractivity contribution in [3.8, 4) is 0 Å². The number of nitrogens with zero attached hydrogens (tertiary/aromatic N) is 2. The Labute approximate surface area is 125 Å². The fourth-order valence-corrected chi connectivity index (χ4v) is 3.62. The molecule has 5 heteroatoms. The summed E-state index contributed by atoms with van der Waals surface area (Å²) in [6, 6.07) is 2.50. The largest absolute Gasteiger partial charge is 0.396 e. The zero-order valence-electron chi connectivity index (χ0n) is 12.4. The molecular weight excluding hydrogens is 264 g/mol. The van der Waals surface area contributed by atoms with E-state index in [4.69, 9.17) is 21.2 Å². The SMILES string of the molecule is N=C(N)c1cc2c(nc1N1CCCC1CCCO)CCC2. The Hall–Kier alpha value is -1.62. The highest BCUT2D eigenvalue weighted by Gasteiger charge is 2.29. The lowest BCUT2D eigenvalue weighted by atomic mass is 10.1. The van der Waals surface area contributed by atoms with Crippen molar-refractivity contribution >= 4 is 11.7 Å². The molecule has 2 aliphatic rings. The molecule has 0 saturated carbocycles. The molecule has 1 aliphatic carbocycles. The maximum atomic E-state index is 9.06. The van der Waals surface area contributed by atoms with Crippen molar-refractivity contribution in [3.63, 3.8) is 0 Å². The van der Waals surface area contributed by atoms with Gasteiger partial charge in [0.2, 0.25) is 0 Å². The van der Waals surface area contributed by atoms with E-state index in [1.165, 1.54) is 11.3 Å². The molecule has 114 valence electrons. The lowest BCUT2D eigenvalue weighted by Gasteiger charge is -2.28. The molecular formula is C16H24N4O. The maximum Gasteiger partial charge on any atom is 0.140 e. The molecule has 3 rings (SSSR count). The molecule has 0 spiro atoms. The number of hydrogen-bond acceptors (Lipinski definition) is 4. The van der Waals surface area contributed by atoms with Crippen LogP contribution in [0.2, 0.25) is 0 Å². The summed E-state index contributed by atoms with van der Waals surface area (Å²) in [6.45, 7) is 1.21. The van der Waals surface area contributed by atoms with E-state index in [1.54, 1.807) is 0 Å². The van der Waals surface area contributed by atoms with Crippen LogP contribution in [0.15, 0.2) is 6.07 Å². The number of aliphatic hydroxyl groups is 1. The molecule has 1 saturated heterocycles. The zero-order chi connectivity index (χ0) is 14.8. The average molecular weight is 288 g/mol. The molecule has 1 aromatic heterocycles. The van der Waals surface area contributed by atoms with Gasteiger partial charge >= 0.3 is 0 Å². The van der Waals surface area contributed by atoms with Gasteiger partial charge in [-0.15, -0.1) is 0 Å². The quantitative estimate of drug-likeness (QED) is 0.567. The van der Waals surface area contributed by atoms with Gasteiger partial charge in [0.15, 0.2) is 0 Å². The molecule has 5 nitrogen and oxygen atoms in total. The van der Waals surface area contributed by atoms with Crippen LogP contribution < -0.4 is 10.6 Å². The van der Waals surface area contributed by atoms with Crippen molar-refractivity contribution in [3.05, 3.63) is 22.9 Å². The Morgan fingerprint density at radius 2 is 2.29 bits per heavy atom. The smallest absolute Gasteiger partial charge is 0.140 e. The van der Waals surface area contributed by atoms with Crippen molar-refractivity contribution in [1.29, 1.82) is 5.41 Å². The molecule has 1 unspecified atom stereocenters. The molecule has 1 atom stereocenters. The number of hydrogen-bond donors (Lipinski definition) is 3. The van der Waals surface area contributed by atoms with E-state index >= 15 is 0 Å². The number of pyridine rings is 1. The first-order valence-corrected chi connectivity index (χ1v) is 7.95. The number of aryl methyl sites for hydroxylation is 2. The fraction of sp³-hybridized carbons (Fsp3) is 0.625. The number of nitrogen functional groups attached to an aromatic ring is 1. The molecule has 21 heavy (non-hydrogen) atoms. The lowest BCUT2D eigenvalue weighted by molar-refractivity contribution is 0.279. The molecule has 2 heterocycles. The van der Waals surface area contributed by atoms with E-state index in [9.17, 15) is 0 Å². The van der Waals surface area contributed by atoms with Gasteiger partial charge in [0.1, 0.15) is 11.7 Å². The van der Waals surface area contributed by atoms with Crippen LogP contribution in [-0.4, -0.2) is 35.1 Å². The lowest BCUT2D eigenvalue weighted by Crippen LogP contribution is -2.33. The first-order valence-electron chi connectivity index (χ1n) is 7.95. The van der Waals surface area contributed by atoms with Gasteiger partial charge in [-0.3, -0.25) is 5.41 Å². The second-order valence-electron chi connectivity index (χ2n) is 6.09. The monoisotopic (exact) mass is 288 g/mol. The van der Waals surface area contributed by atoms with Crippen LogP contribution in [0.4, 0.5) is 5.82 Å². The normalized spacial score (nSPS) is 20.8. The van der Waals surface area contributed by atoms with E-state index in [-0.39, 0.29) is 12.4 Å². The minimum absolute atomic E-state index is 0.111. The Balaban J connectivity index is 1.94. The van der Waals surface area contributed by atoms with Crippen molar-refractivity contribution in [2.45, 2.75) is 51.0 Å². The summed E-state index contributed by atoms with van der Waals surface area (Å²) >= 11 is 0. The Bertz CT molecular complexity index is 543. The number of rotatable bonds is 5.